The van der Waals surface area contributed by atoms with Crippen LogP contribution in [0.4, 0.5) is 0 Å². The molecule has 0 aromatic heterocycles. The molecule has 18 heavy (non-hydrogen) atoms. The minimum atomic E-state index is -0.472. The van der Waals surface area contributed by atoms with Gasteiger partial charge in [0.25, 0.3) is 0 Å². The summed E-state index contributed by atoms with van der Waals surface area (Å²) in [6.45, 7) is 0.636. The third-order valence-electron chi connectivity index (χ3n) is 3.69. The molecule has 0 bridgehead atoms. The molecule has 2 saturated heterocycles. The lowest BCUT2D eigenvalue weighted by Gasteiger charge is -2.48. The normalized spacial score (nSPS) is 44.7. The van der Waals surface area contributed by atoms with Crippen LogP contribution < -0.4 is 0 Å². The number of methoxy groups -OCH3 is 4. The second-order valence-electron chi connectivity index (χ2n) is 4.50. The van der Waals surface area contributed by atoms with Crippen LogP contribution in [-0.4, -0.2) is 71.9 Å². The molecule has 0 spiro atoms. The van der Waals surface area contributed by atoms with E-state index in [4.69, 9.17) is 28.4 Å². The smallest absolute Gasteiger partial charge is 0.186 e. The van der Waals surface area contributed by atoms with Crippen molar-refractivity contribution in [3.05, 3.63) is 0 Å². The standard InChI is InChI=1S/C12H22O6/c1-13-7-5-6-17-10-8(7)18-12(16-4)11(15-3)9(10)14-2/h7-12H,5-6H2,1-4H3/t7-,8+,9-,10-,11+,12-/m0/s1. The lowest BCUT2D eigenvalue weighted by Crippen LogP contribution is -2.65. The first-order valence-corrected chi connectivity index (χ1v) is 6.15. The molecule has 2 heterocycles. The lowest BCUT2D eigenvalue weighted by atomic mass is 9.91. The fourth-order valence-electron chi connectivity index (χ4n) is 2.77. The van der Waals surface area contributed by atoms with Gasteiger partial charge in [0.1, 0.15) is 24.4 Å². The summed E-state index contributed by atoms with van der Waals surface area (Å²) in [5.41, 5.74) is 0. The quantitative estimate of drug-likeness (QED) is 0.721. The van der Waals surface area contributed by atoms with Crippen LogP contribution in [0.5, 0.6) is 0 Å². The van der Waals surface area contributed by atoms with Crippen molar-refractivity contribution in [1.82, 2.24) is 0 Å². The number of hydrogen-bond acceptors (Lipinski definition) is 6. The zero-order valence-electron chi connectivity index (χ0n) is 11.3. The van der Waals surface area contributed by atoms with Crippen LogP contribution in [0.15, 0.2) is 0 Å². The predicted molar refractivity (Wildman–Crippen MR) is 62.4 cm³/mol. The molecule has 0 radical (unpaired) electrons. The summed E-state index contributed by atoms with van der Waals surface area (Å²) in [6.07, 6.45) is -0.580. The van der Waals surface area contributed by atoms with E-state index in [1.54, 1.807) is 28.4 Å². The average molecular weight is 262 g/mol. The Bertz CT molecular complexity index is 259. The molecular weight excluding hydrogens is 240 g/mol. The van der Waals surface area contributed by atoms with Crippen molar-refractivity contribution in [2.75, 3.05) is 35.0 Å². The molecule has 0 N–H and O–H groups in total. The summed E-state index contributed by atoms with van der Waals surface area (Å²) in [6, 6.07) is 0. The van der Waals surface area contributed by atoms with Crippen molar-refractivity contribution in [1.29, 1.82) is 0 Å². The molecule has 106 valence electrons. The molecule has 0 unspecified atom stereocenters. The van der Waals surface area contributed by atoms with E-state index < -0.39 is 6.29 Å². The van der Waals surface area contributed by atoms with Crippen molar-refractivity contribution < 1.29 is 28.4 Å². The summed E-state index contributed by atoms with van der Waals surface area (Å²) in [7, 11) is 6.53. The van der Waals surface area contributed by atoms with Crippen LogP contribution in [0.1, 0.15) is 6.42 Å². The monoisotopic (exact) mass is 262 g/mol. The highest BCUT2D eigenvalue weighted by atomic mass is 16.7. The SMILES string of the molecule is CO[C@H]1O[C@H]2[C@H](OCC[C@@H]2OC)[C@H](OC)[C@H]1OC. The van der Waals surface area contributed by atoms with Gasteiger partial charge in [-0.15, -0.1) is 0 Å². The van der Waals surface area contributed by atoms with E-state index in [0.717, 1.165) is 6.42 Å². The number of ether oxygens (including phenoxy) is 6. The van der Waals surface area contributed by atoms with Crippen molar-refractivity contribution in [3.8, 4) is 0 Å². The topological polar surface area (TPSA) is 55.4 Å². The number of fused-ring (bicyclic) bond motifs is 1. The molecule has 0 aromatic carbocycles. The number of rotatable bonds is 4. The zero-order chi connectivity index (χ0) is 13.1. The van der Waals surface area contributed by atoms with Crippen molar-refractivity contribution >= 4 is 0 Å². The molecule has 0 aliphatic carbocycles. The maximum absolute atomic E-state index is 5.90. The lowest BCUT2D eigenvalue weighted by molar-refractivity contribution is -0.331. The molecule has 2 fully saturated rings. The second kappa shape index (κ2) is 6.27. The molecule has 0 saturated carbocycles. The minimum Gasteiger partial charge on any atom is -0.379 e. The Morgan fingerprint density at radius 3 is 2.11 bits per heavy atom. The molecular formula is C12H22O6. The molecule has 0 amide bonds. The predicted octanol–water partition coefficient (Wildman–Crippen LogP) is 0.192. The first kappa shape index (κ1) is 14.2. The van der Waals surface area contributed by atoms with Gasteiger partial charge in [0.05, 0.1) is 6.10 Å². The van der Waals surface area contributed by atoms with Crippen molar-refractivity contribution in [2.24, 2.45) is 0 Å². The van der Waals surface area contributed by atoms with Gasteiger partial charge in [-0.1, -0.05) is 0 Å². The van der Waals surface area contributed by atoms with Crippen LogP contribution in [-0.2, 0) is 28.4 Å². The fraction of sp³-hybridized carbons (Fsp3) is 1.00. The largest absolute Gasteiger partial charge is 0.379 e. The average Bonchev–Trinajstić information content (AvgIpc) is 2.44. The third kappa shape index (κ3) is 2.41. The van der Waals surface area contributed by atoms with Gasteiger partial charge in [0.15, 0.2) is 6.29 Å². The Kier molecular flexibility index (Phi) is 4.94. The van der Waals surface area contributed by atoms with Crippen LogP contribution in [0.2, 0.25) is 0 Å². The fourth-order valence-corrected chi connectivity index (χ4v) is 2.77. The molecule has 2 aliphatic heterocycles. The van der Waals surface area contributed by atoms with Crippen LogP contribution in [0, 0.1) is 0 Å². The minimum absolute atomic E-state index is 0.00291. The van der Waals surface area contributed by atoms with E-state index in [2.05, 4.69) is 0 Å². The molecule has 6 heteroatoms. The van der Waals surface area contributed by atoms with Crippen molar-refractivity contribution in [2.45, 2.75) is 43.2 Å². The first-order valence-electron chi connectivity index (χ1n) is 6.15. The van der Waals surface area contributed by atoms with Crippen LogP contribution >= 0.6 is 0 Å². The summed E-state index contributed by atoms with van der Waals surface area (Å²) in [4.78, 5) is 0. The third-order valence-corrected chi connectivity index (χ3v) is 3.69. The van der Waals surface area contributed by atoms with E-state index in [-0.39, 0.29) is 30.5 Å². The summed E-state index contributed by atoms with van der Waals surface area (Å²) >= 11 is 0. The maximum Gasteiger partial charge on any atom is 0.186 e. The van der Waals surface area contributed by atoms with E-state index in [1.165, 1.54) is 0 Å². The van der Waals surface area contributed by atoms with E-state index in [9.17, 15) is 0 Å². The highest BCUT2D eigenvalue weighted by Crippen LogP contribution is 2.33. The summed E-state index contributed by atoms with van der Waals surface area (Å²) in [5.74, 6) is 0. The Hall–Kier alpha value is -0.240. The van der Waals surface area contributed by atoms with Gasteiger partial charge in [-0.2, -0.15) is 0 Å². The van der Waals surface area contributed by atoms with Crippen LogP contribution in [0.3, 0.4) is 0 Å². The van der Waals surface area contributed by atoms with Gasteiger partial charge in [0.2, 0.25) is 0 Å². The van der Waals surface area contributed by atoms with Crippen molar-refractivity contribution in [3.63, 3.8) is 0 Å². The van der Waals surface area contributed by atoms with Gasteiger partial charge in [-0.3, -0.25) is 0 Å². The second-order valence-corrected chi connectivity index (χ2v) is 4.50. The Labute approximate surface area is 107 Å². The Morgan fingerprint density at radius 1 is 0.833 bits per heavy atom. The van der Waals surface area contributed by atoms with Gasteiger partial charge in [0, 0.05) is 35.0 Å². The first-order chi connectivity index (χ1) is 8.76. The zero-order valence-corrected chi connectivity index (χ0v) is 11.3. The van der Waals surface area contributed by atoms with Gasteiger partial charge in [-0.25, -0.2) is 0 Å². The Balaban J connectivity index is 2.19. The van der Waals surface area contributed by atoms with Crippen LogP contribution in [0.25, 0.3) is 0 Å². The van der Waals surface area contributed by atoms with Gasteiger partial charge < -0.3 is 28.4 Å². The summed E-state index contributed by atoms with van der Waals surface area (Å²) < 4.78 is 33.4. The molecule has 6 atom stereocenters. The number of hydrogen-bond donors (Lipinski definition) is 0. The maximum atomic E-state index is 5.90. The van der Waals surface area contributed by atoms with E-state index in [0.29, 0.717) is 6.61 Å². The van der Waals surface area contributed by atoms with E-state index >= 15 is 0 Å². The van der Waals surface area contributed by atoms with Gasteiger partial charge in [-0.05, 0) is 6.42 Å². The molecule has 6 nitrogen and oxygen atoms in total. The van der Waals surface area contributed by atoms with Gasteiger partial charge >= 0.3 is 0 Å². The molecule has 0 aromatic rings. The summed E-state index contributed by atoms with van der Waals surface area (Å²) in [5, 5.41) is 0. The highest BCUT2D eigenvalue weighted by molar-refractivity contribution is 4.97. The molecule has 2 rings (SSSR count). The Morgan fingerprint density at radius 2 is 1.56 bits per heavy atom. The van der Waals surface area contributed by atoms with E-state index in [1.807, 2.05) is 0 Å². The molecule has 2 aliphatic rings. The highest BCUT2D eigenvalue weighted by Gasteiger charge is 2.51.